The number of nitrogens with zero attached hydrogens (tertiary/aromatic N) is 4. The van der Waals surface area contributed by atoms with Crippen LogP contribution >= 0.6 is 0 Å². The molecule has 8 nitrogen and oxygen atoms in total. The second kappa shape index (κ2) is 8.74. The molecule has 0 aliphatic carbocycles. The average molecular weight is 462 g/mol. The van der Waals surface area contributed by atoms with E-state index in [0.717, 1.165) is 6.07 Å². The highest BCUT2D eigenvalue weighted by molar-refractivity contribution is 5.91. The summed E-state index contributed by atoms with van der Waals surface area (Å²) in [6.07, 6.45) is -0.634. The fourth-order valence-electron chi connectivity index (χ4n) is 3.95. The van der Waals surface area contributed by atoms with Crippen molar-refractivity contribution in [1.29, 1.82) is 0 Å². The van der Waals surface area contributed by atoms with Crippen LogP contribution in [0.4, 0.5) is 23.7 Å². The highest BCUT2D eigenvalue weighted by Gasteiger charge is 2.37. The molecular weight excluding hydrogens is 441 g/mol. The van der Waals surface area contributed by atoms with Crippen LogP contribution in [-0.4, -0.2) is 43.7 Å². The van der Waals surface area contributed by atoms with Gasteiger partial charge in [0, 0.05) is 35.1 Å². The maximum atomic E-state index is 13.6. The van der Waals surface area contributed by atoms with Crippen LogP contribution in [0.25, 0.3) is 11.1 Å². The predicted molar refractivity (Wildman–Crippen MR) is 112 cm³/mol. The molecule has 1 aliphatic heterocycles. The van der Waals surface area contributed by atoms with Gasteiger partial charge in [-0.15, -0.1) is 0 Å². The standard InChI is InChI=1S/C22H21F3N4O4/c1-13-4-5-16-18(29(13)21(31)32)7-6-15(14-11-27-28(12-14)9-10-30)19(16)33-20-17(22(23,24)25)3-2-8-26-20/h2-3,6-8,11-13,30H,4-5,9-10H2,1H3,(H,31,32)/t13-/m0/s1. The number of aromatic nitrogens is 3. The van der Waals surface area contributed by atoms with E-state index in [1.807, 2.05) is 0 Å². The zero-order valence-electron chi connectivity index (χ0n) is 17.6. The number of rotatable bonds is 5. The van der Waals surface area contributed by atoms with Crippen molar-refractivity contribution in [3.8, 4) is 22.8 Å². The number of fused-ring (bicyclic) bond motifs is 1. The Hall–Kier alpha value is -3.60. The molecule has 2 N–H and O–H groups in total. The van der Waals surface area contributed by atoms with Crippen molar-refractivity contribution in [1.82, 2.24) is 14.8 Å². The Morgan fingerprint density at radius 3 is 2.79 bits per heavy atom. The van der Waals surface area contributed by atoms with Crippen LogP contribution in [0, 0.1) is 0 Å². The van der Waals surface area contributed by atoms with Gasteiger partial charge in [-0.3, -0.25) is 9.58 Å². The minimum Gasteiger partial charge on any atom is -0.465 e. The summed E-state index contributed by atoms with van der Waals surface area (Å²) < 4.78 is 48.0. The van der Waals surface area contributed by atoms with Gasteiger partial charge in [-0.25, -0.2) is 9.78 Å². The number of halogens is 3. The van der Waals surface area contributed by atoms with Crippen LogP contribution < -0.4 is 9.64 Å². The van der Waals surface area contributed by atoms with Crippen LogP contribution in [0.1, 0.15) is 24.5 Å². The minimum absolute atomic E-state index is 0.0957. The van der Waals surface area contributed by atoms with Gasteiger partial charge >= 0.3 is 12.3 Å². The maximum absolute atomic E-state index is 13.6. The third-order valence-corrected chi connectivity index (χ3v) is 5.50. The Balaban J connectivity index is 1.90. The first-order valence-corrected chi connectivity index (χ1v) is 10.2. The molecule has 1 amide bonds. The molecule has 11 heteroatoms. The molecule has 0 saturated heterocycles. The molecular formula is C22H21F3N4O4. The first-order valence-electron chi connectivity index (χ1n) is 10.2. The van der Waals surface area contributed by atoms with Crippen molar-refractivity contribution in [2.45, 2.75) is 38.5 Å². The molecule has 3 aromatic rings. The quantitative estimate of drug-likeness (QED) is 0.576. The fraction of sp³-hybridized carbons (Fsp3) is 0.318. The number of benzene rings is 1. The fourth-order valence-corrected chi connectivity index (χ4v) is 3.95. The summed E-state index contributed by atoms with van der Waals surface area (Å²) in [6, 6.07) is 4.96. The van der Waals surface area contributed by atoms with Gasteiger partial charge < -0.3 is 14.9 Å². The van der Waals surface area contributed by atoms with E-state index in [-0.39, 0.29) is 24.9 Å². The Kier molecular flexibility index (Phi) is 5.98. The Bertz CT molecular complexity index is 1180. The van der Waals surface area contributed by atoms with Crippen LogP contribution in [0.2, 0.25) is 0 Å². The van der Waals surface area contributed by atoms with Gasteiger partial charge in [0.2, 0.25) is 5.88 Å². The highest BCUT2D eigenvalue weighted by atomic mass is 19.4. The van der Waals surface area contributed by atoms with Crippen molar-refractivity contribution in [3.63, 3.8) is 0 Å². The normalized spacial score (nSPS) is 15.9. The summed E-state index contributed by atoms with van der Waals surface area (Å²) >= 11 is 0. The molecule has 0 radical (unpaired) electrons. The monoisotopic (exact) mass is 462 g/mol. The van der Waals surface area contributed by atoms with Crippen LogP contribution in [0.15, 0.2) is 42.9 Å². The first kappa shape index (κ1) is 22.6. The number of ether oxygens (including phenoxy) is 1. The van der Waals surface area contributed by atoms with E-state index < -0.39 is 23.7 Å². The number of aliphatic hydroxyl groups excluding tert-OH is 1. The third-order valence-electron chi connectivity index (χ3n) is 5.50. The van der Waals surface area contributed by atoms with Gasteiger partial charge in [-0.1, -0.05) is 0 Å². The van der Waals surface area contributed by atoms with Crippen LogP contribution in [0.5, 0.6) is 11.6 Å². The molecule has 1 aromatic carbocycles. The van der Waals surface area contributed by atoms with Gasteiger partial charge in [0.15, 0.2) is 0 Å². The number of amides is 1. The lowest BCUT2D eigenvalue weighted by atomic mass is 9.92. The Morgan fingerprint density at radius 2 is 2.09 bits per heavy atom. The largest absolute Gasteiger partial charge is 0.465 e. The molecule has 0 spiro atoms. The van der Waals surface area contributed by atoms with Gasteiger partial charge in [0.25, 0.3) is 0 Å². The average Bonchev–Trinajstić information content (AvgIpc) is 3.21. The van der Waals surface area contributed by atoms with E-state index in [4.69, 9.17) is 9.84 Å². The first-order chi connectivity index (χ1) is 15.7. The molecule has 4 rings (SSSR count). The molecule has 174 valence electrons. The SMILES string of the molecule is C[C@H]1CCc2c(ccc(-c3cnn(CCO)c3)c2Oc2ncccc2C(F)(F)F)N1C(=O)O. The highest BCUT2D eigenvalue weighted by Crippen LogP contribution is 2.46. The lowest BCUT2D eigenvalue weighted by Gasteiger charge is -2.34. The van der Waals surface area contributed by atoms with Crippen LogP contribution in [0.3, 0.4) is 0 Å². The number of pyridine rings is 1. The Labute approximate surface area is 186 Å². The van der Waals surface area contributed by atoms with Crippen molar-refractivity contribution in [2.75, 3.05) is 11.5 Å². The molecule has 0 unspecified atom stereocenters. The molecule has 0 saturated carbocycles. The second-order valence-corrected chi connectivity index (χ2v) is 7.65. The second-order valence-electron chi connectivity index (χ2n) is 7.65. The van der Waals surface area contributed by atoms with Gasteiger partial charge in [-0.05, 0) is 44.0 Å². The molecule has 0 fully saturated rings. The zero-order valence-corrected chi connectivity index (χ0v) is 17.6. The number of alkyl halides is 3. The van der Waals surface area contributed by atoms with Gasteiger partial charge in [0.05, 0.1) is 25.0 Å². The smallest absolute Gasteiger partial charge is 0.421 e. The number of aliphatic hydroxyl groups is 1. The molecule has 2 aromatic heterocycles. The van der Waals surface area contributed by atoms with E-state index in [1.54, 1.807) is 25.3 Å². The maximum Gasteiger partial charge on any atom is 0.421 e. The summed E-state index contributed by atoms with van der Waals surface area (Å²) in [5, 5.41) is 23.0. The summed E-state index contributed by atoms with van der Waals surface area (Å²) in [5.41, 5.74) is 0.778. The molecule has 1 atom stereocenters. The van der Waals surface area contributed by atoms with Gasteiger partial charge in [-0.2, -0.15) is 18.3 Å². The lowest BCUT2D eigenvalue weighted by molar-refractivity contribution is -0.138. The summed E-state index contributed by atoms with van der Waals surface area (Å²) in [5.74, 6) is -0.527. The number of hydrogen-bond acceptors (Lipinski definition) is 5. The number of hydrogen-bond donors (Lipinski definition) is 2. The Morgan fingerprint density at radius 1 is 1.30 bits per heavy atom. The van der Waals surface area contributed by atoms with Gasteiger partial charge in [0.1, 0.15) is 11.3 Å². The number of anilines is 1. The lowest BCUT2D eigenvalue weighted by Crippen LogP contribution is -2.41. The summed E-state index contributed by atoms with van der Waals surface area (Å²) in [6.45, 7) is 1.87. The molecule has 3 heterocycles. The summed E-state index contributed by atoms with van der Waals surface area (Å²) in [4.78, 5) is 16.9. The van der Waals surface area contributed by atoms with Crippen molar-refractivity contribution in [2.24, 2.45) is 0 Å². The third kappa shape index (κ3) is 4.36. The van der Waals surface area contributed by atoms with Crippen LogP contribution in [-0.2, 0) is 19.1 Å². The number of carbonyl (C=O) groups is 1. The van der Waals surface area contributed by atoms with Crippen molar-refractivity contribution >= 4 is 11.8 Å². The molecule has 33 heavy (non-hydrogen) atoms. The van der Waals surface area contributed by atoms with E-state index in [0.29, 0.717) is 35.2 Å². The minimum atomic E-state index is -4.69. The summed E-state index contributed by atoms with van der Waals surface area (Å²) in [7, 11) is 0. The van der Waals surface area contributed by atoms with Crippen molar-refractivity contribution < 1.29 is 32.9 Å². The topological polar surface area (TPSA) is 101 Å². The molecule has 1 aliphatic rings. The molecule has 0 bridgehead atoms. The predicted octanol–water partition coefficient (Wildman–Crippen LogP) is 4.57. The van der Waals surface area contributed by atoms with E-state index in [2.05, 4.69) is 10.1 Å². The zero-order chi connectivity index (χ0) is 23.8. The van der Waals surface area contributed by atoms with E-state index in [1.165, 1.54) is 28.0 Å². The number of carboxylic acid groups (broad SMARTS) is 1. The van der Waals surface area contributed by atoms with E-state index >= 15 is 0 Å². The van der Waals surface area contributed by atoms with E-state index in [9.17, 15) is 23.1 Å². The van der Waals surface area contributed by atoms with Crippen molar-refractivity contribution in [3.05, 3.63) is 54.0 Å².